The number of fused-ring (bicyclic) bond motifs is 5. The van der Waals surface area contributed by atoms with Crippen LogP contribution in [0.5, 0.6) is 0 Å². The lowest BCUT2D eigenvalue weighted by atomic mass is 9.84. The number of carbonyl (C=O) groups is 5. The summed E-state index contributed by atoms with van der Waals surface area (Å²) in [5.41, 5.74) is 8.79. The van der Waals surface area contributed by atoms with E-state index in [2.05, 4.69) is 65.7 Å². The molecule has 6 heterocycles. The van der Waals surface area contributed by atoms with E-state index in [4.69, 9.17) is 19.5 Å². The quantitative estimate of drug-likeness (QED) is 0.228. The summed E-state index contributed by atoms with van der Waals surface area (Å²) in [6.07, 6.45) is 3.81. The fourth-order valence-electron chi connectivity index (χ4n) is 9.86. The van der Waals surface area contributed by atoms with Crippen LogP contribution in [0.2, 0.25) is 0 Å². The van der Waals surface area contributed by atoms with Crippen LogP contribution in [-0.4, -0.2) is 137 Å². The second kappa shape index (κ2) is 20.4. The summed E-state index contributed by atoms with van der Waals surface area (Å²) in [6.45, 7) is 14.2. The number of esters is 1. The Bertz CT molecular complexity index is 2310. The predicted octanol–water partition coefficient (Wildman–Crippen LogP) is 4.66. The monoisotopic (exact) mass is 913 g/mol. The van der Waals surface area contributed by atoms with E-state index < -0.39 is 47.2 Å². The Balaban J connectivity index is 1.24. The molecule has 4 aliphatic heterocycles. The molecule has 1 aromatic carbocycles. The molecule has 16 nitrogen and oxygen atoms in total. The Hall–Kier alpha value is -4.84. The van der Waals surface area contributed by atoms with Gasteiger partial charge >= 0.3 is 5.97 Å². The molecule has 352 valence electrons. The van der Waals surface area contributed by atoms with Crippen molar-refractivity contribution in [1.29, 1.82) is 0 Å². The number of ether oxygens (including phenoxy) is 2. The van der Waals surface area contributed by atoms with Gasteiger partial charge in [0.15, 0.2) is 0 Å². The first-order valence-electron chi connectivity index (χ1n) is 23.1. The number of likely N-dealkylation sites (N-methyl/N-ethyl adjacent to an activating group) is 2. The van der Waals surface area contributed by atoms with Crippen molar-refractivity contribution in [3.63, 3.8) is 0 Å². The van der Waals surface area contributed by atoms with Crippen molar-refractivity contribution in [1.82, 2.24) is 40.4 Å². The molecular formula is C48H67N9O7S. The van der Waals surface area contributed by atoms with Gasteiger partial charge in [0.1, 0.15) is 18.1 Å². The maximum atomic E-state index is 14.6. The van der Waals surface area contributed by atoms with E-state index in [0.29, 0.717) is 51.1 Å². The number of likely N-dealkylation sites (tertiary alicyclic amines) is 1. The summed E-state index contributed by atoms with van der Waals surface area (Å²) in [6, 6.07) is 7.70. The summed E-state index contributed by atoms with van der Waals surface area (Å²) >= 11 is 1.57. The number of cyclic esters (lactones) is 1. The highest BCUT2D eigenvalue weighted by Gasteiger charge is 2.41. The summed E-state index contributed by atoms with van der Waals surface area (Å²) in [5.74, 6) is -1.68. The molecule has 7 rings (SSSR count). The van der Waals surface area contributed by atoms with E-state index in [1.54, 1.807) is 44.1 Å². The van der Waals surface area contributed by atoms with Gasteiger partial charge in [-0.3, -0.25) is 39.0 Å². The Kier molecular flexibility index (Phi) is 15.1. The van der Waals surface area contributed by atoms with E-state index >= 15 is 0 Å². The van der Waals surface area contributed by atoms with E-state index in [0.717, 1.165) is 44.0 Å². The largest absolute Gasteiger partial charge is 0.464 e. The first-order valence-corrected chi connectivity index (χ1v) is 24.1. The molecule has 6 bridgehead atoms. The molecule has 6 atom stereocenters. The second-order valence-corrected chi connectivity index (χ2v) is 20.1. The zero-order valence-corrected chi connectivity index (χ0v) is 40.3. The third-order valence-corrected chi connectivity index (χ3v) is 14.4. The number of thioether (sulfide) groups is 1. The number of aryl methyl sites for hydroxylation is 1. The second-order valence-electron chi connectivity index (χ2n) is 19.0. The zero-order valence-electron chi connectivity index (χ0n) is 39.4. The minimum Gasteiger partial charge on any atom is -0.464 e. The minimum absolute atomic E-state index is 0.0730. The van der Waals surface area contributed by atoms with Gasteiger partial charge in [-0.1, -0.05) is 33.8 Å². The topological polar surface area (TPSA) is 180 Å². The van der Waals surface area contributed by atoms with Crippen molar-refractivity contribution in [2.24, 2.45) is 22.2 Å². The Morgan fingerprint density at radius 1 is 1.12 bits per heavy atom. The first kappa shape index (κ1) is 48.1. The molecule has 65 heavy (non-hydrogen) atoms. The molecule has 4 amide bonds. The van der Waals surface area contributed by atoms with Crippen LogP contribution >= 0.6 is 11.8 Å². The van der Waals surface area contributed by atoms with Gasteiger partial charge in [0.2, 0.25) is 17.7 Å². The number of amides is 4. The van der Waals surface area contributed by atoms with Crippen molar-refractivity contribution in [3.05, 3.63) is 53.3 Å². The van der Waals surface area contributed by atoms with E-state index in [9.17, 15) is 24.0 Å². The third-order valence-electron chi connectivity index (χ3n) is 13.3. The number of aromatic nitrogens is 2. The van der Waals surface area contributed by atoms with Crippen LogP contribution in [-0.2, 0) is 46.4 Å². The molecule has 2 fully saturated rings. The van der Waals surface area contributed by atoms with Gasteiger partial charge in [-0.15, -0.1) is 11.8 Å². The Labute approximate surface area is 387 Å². The predicted molar refractivity (Wildman–Crippen MR) is 252 cm³/mol. The highest BCUT2D eigenvalue weighted by Crippen LogP contribution is 2.42. The molecule has 1 unspecified atom stereocenters. The lowest BCUT2D eigenvalue weighted by Crippen LogP contribution is -2.62. The van der Waals surface area contributed by atoms with Gasteiger partial charge in [-0.05, 0) is 87.9 Å². The third kappa shape index (κ3) is 10.3. The molecule has 0 radical (unpaired) electrons. The highest BCUT2D eigenvalue weighted by atomic mass is 32.2. The number of hydrogen-bond acceptors (Lipinski definition) is 12. The maximum absolute atomic E-state index is 14.6. The summed E-state index contributed by atoms with van der Waals surface area (Å²) < 4.78 is 14.3. The molecule has 0 spiro atoms. The number of pyridine rings is 1. The number of rotatable bonds is 11. The maximum Gasteiger partial charge on any atom is 0.324 e. The molecule has 0 saturated carbocycles. The minimum atomic E-state index is -1.04. The number of nitrogens with zero attached hydrogens (tertiary/aromatic N) is 6. The number of carbonyl (C=O) groups excluding carboxylic acids is 5. The van der Waals surface area contributed by atoms with Gasteiger partial charge in [-0.2, -0.15) is 0 Å². The average molecular weight is 914 g/mol. The van der Waals surface area contributed by atoms with Crippen molar-refractivity contribution in [2.45, 2.75) is 110 Å². The standard InChI is InChI=1S/C48H67N9O7S/c1-10-56-38-16-15-30-21-33(38)34(43(56)32-13-11-18-50-41(32)29(4)63-9)23-48(5,6)27-64-47(62)35-14-12-19-57(53-35)46(61)36(22-39-51-37(30)26-65-39)52-44(59)42(28(2)3)54(8)45(60)31-17-20-55(25-31)40(58)24-49-7/h11,13,15-16,18,21,28-29,31,35-37,42,49,53H,10,12,14,17,19-20,22-27H2,1-9H3,(H,52,59)/t29-,31-,35-,36-,37?,42-/m0/s1. The number of hydrogen-bond donors (Lipinski definition) is 3. The molecule has 4 aliphatic rings. The normalized spacial score (nSPS) is 23.5. The van der Waals surface area contributed by atoms with Gasteiger partial charge in [-0.25, -0.2) is 5.43 Å². The number of methoxy groups -OCH3 is 1. The van der Waals surface area contributed by atoms with Crippen molar-refractivity contribution in [2.75, 3.05) is 59.7 Å². The lowest BCUT2D eigenvalue weighted by Gasteiger charge is -2.37. The molecule has 2 aromatic heterocycles. The van der Waals surface area contributed by atoms with Crippen LogP contribution < -0.4 is 16.1 Å². The molecule has 2 saturated heterocycles. The lowest BCUT2D eigenvalue weighted by molar-refractivity contribution is -0.155. The van der Waals surface area contributed by atoms with Gasteiger partial charge < -0.3 is 34.5 Å². The van der Waals surface area contributed by atoms with Crippen LogP contribution in [0.25, 0.3) is 22.2 Å². The van der Waals surface area contributed by atoms with E-state index in [-0.39, 0.29) is 56.0 Å². The van der Waals surface area contributed by atoms with Crippen LogP contribution in [0.15, 0.2) is 41.5 Å². The van der Waals surface area contributed by atoms with Crippen molar-refractivity contribution < 1.29 is 33.4 Å². The SMILES string of the molecule is CCn1c(-c2cccnc2[C@H](C)OC)c2c3cc(ccc31)C1CSC(=N1)C[C@H](NC(=O)[C@H](C(C)C)N(C)C(=O)[C@H]1CCN(C(=O)CNC)C1)C(=O)N1CCC[C@H](N1)C(=O)OCC(C)(C)C2. The summed E-state index contributed by atoms with van der Waals surface area (Å²) in [7, 11) is 5.02. The number of hydrazine groups is 1. The fraction of sp³-hybridized carbons (Fsp3) is 0.604. The Morgan fingerprint density at radius 2 is 1.91 bits per heavy atom. The summed E-state index contributed by atoms with van der Waals surface area (Å²) in [4.78, 5) is 82.7. The van der Waals surface area contributed by atoms with E-state index in [1.807, 2.05) is 26.8 Å². The van der Waals surface area contributed by atoms with E-state index in [1.165, 1.54) is 9.91 Å². The smallest absolute Gasteiger partial charge is 0.324 e. The molecule has 3 N–H and O–H groups in total. The summed E-state index contributed by atoms with van der Waals surface area (Å²) in [5, 5.41) is 9.18. The van der Waals surface area contributed by atoms with Gasteiger partial charge in [0.25, 0.3) is 5.91 Å². The van der Waals surface area contributed by atoms with Crippen LogP contribution in [0, 0.1) is 17.3 Å². The molecule has 17 heteroatoms. The molecule has 3 aromatic rings. The van der Waals surface area contributed by atoms with Gasteiger partial charge in [0.05, 0.1) is 47.6 Å². The number of aliphatic imine (C=N–C) groups is 1. The highest BCUT2D eigenvalue weighted by molar-refractivity contribution is 8.14. The van der Waals surface area contributed by atoms with Crippen molar-refractivity contribution >= 4 is 57.3 Å². The van der Waals surface area contributed by atoms with Crippen LogP contribution in [0.1, 0.15) is 96.2 Å². The zero-order chi connectivity index (χ0) is 46.7. The molecule has 0 aliphatic carbocycles. The number of nitrogens with one attached hydrogen (secondary N) is 3. The fourth-order valence-corrected chi connectivity index (χ4v) is 11.0. The van der Waals surface area contributed by atoms with Gasteiger partial charge in [0, 0.05) is 80.6 Å². The average Bonchev–Trinajstić information content (AvgIpc) is 4.05. The molecular weight excluding hydrogens is 847 g/mol. The Morgan fingerprint density at radius 3 is 2.63 bits per heavy atom. The van der Waals surface area contributed by atoms with Crippen molar-refractivity contribution in [3.8, 4) is 11.3 Å². The van der Waals surface area contributed by atoms with Crippen LogP contribution in [0.4, 0.5) is 0 Å². The van der Waals surface area contributed by atoms with Crippen LogP contribution in [0.3, 0.4) is 0 Å². The first-order chi connectivity index (χ1) is 31.0. The number of benzene rings is 1.